The second kappa shape index (κ2) is 14.6. The Bertz CT molecular complexity index is 923. The largest absolute Gasteiger partial charge is 2.00 e. The molecule has 0 N–H and O–H groups in total. The topological polar surface area (TPSA) is 9.23 Å². The van der Waals surface area contributed by atoms with Crippen molar-refractivity contribution in [2.75, 3.05) is 0 Å². The molecule has 0 aliphatic rings. The SMILES string of the molecule is C=C.ClOc1ccccc1.[Zr+2].c1ccc2[cH-]ccc2c1.c1ccc2[cH-]ccc2c1. The average molecular weight is 478 g/mol. The molecule has 1 nitrogen and oxygen atoms in total. The van der Waals surface area contributed by atoms with E-state index < -0.39 is 0 Å². The van der Waals surface area contributed by atoms with Crippen LogP contribution in [0.15, 0.2) is 128 Å². The van der Waals surface area contributed by atoms with Gasteiger partial charge in [-0.25, -0.2) is 0 Å². The fraction of sp³-hybridized carbons (Fsp3) is 0. The van der Waals surface area contributed by atoms with Crippen LogP contribution in [-0.2, 0) is 26.2 Å². The molecule has 0 aliphatic carbocycles. The van der Waals surface area contributed by atoms with E-state index in [0.717, 1.165) is 0 Å². The minimum Gasteiger partial charge on any atom is -0.386 e. The fourth-order valence-corrected chi connectivity index (χ4v) is 2.71. The summed E-state index contributed by atoms with van der Waals surface area (Å²) in [6, 6.07) is 38.5. The quantitative estimate of drug-likeness (QED) is 0.175. The number of fused-ring (bicyclic) bond motifs is 2. The van der Waals surface area contributed by atoms with Crippen LogP contribution in [0.25, 0.3) is 21.5 Å². The molecular formula is C26H23ClOZr. The third kappa shape index (κ3) is 8.23. The standard InChI is InChI=1S/2C9H7.C6H5ClO.C2H4.Zr/c2*1-2-5-9-7-3-6-8(9)4-1;7-8-6-4-2-1-3-5-6;1-2;/h2*1-7H;1-5H;1-2H2;/q2*-1;;;+2. The molecule has 0 unspecified atom stereocenters. The molecule has 5 rings (SSSR count). The van der Waals surface area contributed by atoms with Crippen molar-refractivity contribution in [2.24, 2.45) is 0 Å². The fourth-order valence-electron chi connectivity index (χ4n) is 2.61. The van der Waals surface area contributed by atoms with E-state index in [1.165, 1.54) is 21.5 Å². The molecule has 5 aromatic rings. The Labute approximate surface area is 197 Å². The van der Waals surface area contributed by atoms with Crippen molar-refractivity contribution in [3.8, 4) is 5.75 Å². The van der Waals surface area contributed by atoms with Crippen LogP contribution in [0.5, 0.6) is 5.75 Å². The molecule has 0 amide bonds. The zero-order chi connectivity index (χ0) is 20.0. The van der Waals surface area contributed by atoms with Crippen molar-refractivity contribution in [1.29, 1.82) is 0 Å². The molecule has 0 heterocycles. The molecule has 0 saturated heterocycles. The van der Waals surface area contributed by atoms with Gasteiger partial charge in [-0.2, -0.15) is 35.0 Å². The van der Waals surface area contributed by atoms with Crippen molar-refractivity contribution in [2.45, 2.75) is 0 Å². The van der Waals surface area contributed by atoms with Crippen LogP contribution >= 0.6 is 11.9 Å². The van der Waals surface area contributed by atoms with Crippen LogP contribution in [-0.4, -0.2) is 0 Å². The molecule has 29 heavy (non-hydrogen) atoms. The van der Waals surface area contributed by atoms with Gasteiger partial charge >= 0.3 is 26.2 Å². The van der Waals surface area contributed by atoms with E-state index in [9.17, 15) is 0 Å². The Hall–Kier alpha value is -2.41. The van der Waals surface area contributed by atoms with Gasteiger partial charge in [-0.1, -0.05) is 30.3 Å². The first-order valence-electron chi connectivity index (χ1n) is 8.91. The summed E-state index contributed by atoms with van der Waals surface area (Å²) in [5.41, 5.74) is 0. The van der Waals surface area contributed by atoms with Crippen molar-refractivity contribution in [3.05, 3.63) is 128 Å². The summed E-state index contributed by atoms with van der Waals surface area (Å²) in [5, 5.41) is 5.32. The van der Waals surface area contributed by atoms with Gasteiger partial charge in [-0.3, -0.25) is 0 Å². The summed E-state index contributed by atoms with van der Waals surface area (Å²) >= 11 is 5.03. The van der Waals surface area contributed by atoms with Gasteiger partial charge < -0.3 is 4.29 Å². The predicted molar refractivity (Wildman–Crippen MR) is 123 cm³/mol. The summed E-state index contributed by atoms with van der Waals surface area (Å²) in [7, 11) is 0. The summed E-state index contributed by atoms with van der Waals surface area (Å²) in [6.07, 6.45) is 0. The van der Waals surface area contributed by atoms with Crippen molar-refractivity contribution < 1.29 is 30.5 Å². The third-order valence-corrected chi connectivity index (χ3v) is 4.11. The van der Waals surface area contributed by atoms with E-state index in [0.29, 0.717) is 5.75 Å². The molecule has 0 atom stereocenters. The predicted octanol–water partition coefficient (Wildman–Crippen LogP) is 8.14. The molecular weight excluding hydrogens is 455 g/mol. The maximum atomic E-state index is 5.03. The van der Waals surface area contributed by atoms with Gasteiger partial charge in [0, 0.05) is 0 Å². The van der Waals surface area contributed by atoms with Crippen LogP contribution in [0.2, 0.25) is 0 Å². The van der Waals surface area contributed by atoms with E-state index in [1.54, 1.807) is 12.1 Å². The number of hydrogen-bond donors (Lipinski definition) is 0. The second-order valence-electron chi connectivity index (χ2n) is 5.70. The zero-order valence-electron chi connectivity index (χ0n) is 16.2. The van der Waals surface area contributed by atoms with Gasteiger partial charge in [-0.05, 0) is 12.1 Å². The van der Waals surface area contributed by atoms with E-state index >= 15 is 0 Å². The molecule has 0 bridgehead atoms. The first kappa shape index (κ1) is 24.6. The summed E-state index contributed by atoms with van der Waals surface area (Å²) in [4.78, 5) is 0. The molecule has 5 aromatic carbocycles. The molecule has 0 spiro atoms. The van der Waals surface area contributed by atoms with Gasteiger partial charge in [0.05, 0.1) is 0 Å². The monoisotopic (exact) mass is 476 g/mol. The summed E-state index contributed by atoms with van der Waals surface area (Å²) in [5.74, 6) is 0.675. The van der Waals surface area contributed by atoms with Gasteiger partial charge in [-0.15, -0.1) is 72.5 Å². The van der Waals surface area contributed by atoms with Crippen LogP contribution in [0.1, 0.15) is 0 Å². The normalized spacial score (nSPS) is 8.86. The van der Waals surface area contributed by atoms with Crippen molar-refractivity contribution in [1.82, 2.24) is 0 Å². The molecule has 0 radical (unpaired) electrons. The average Bonchev–Trinajstić information content (AvgIpc) is 3.46. The Morgan fingerprint density at radius 1 is 0.586 bits per heavy atom. The van der Waals surface area contributed by atoms with Crippen LogP contribution in [0.3, 0.4) is 0 Å². The molecule has 3 heteroatoms. The van der Waals surface area contributed by atoms with Gasteiger partial charge in [0.2, 0.25) is 0 Å². The number of para-hydroxylation sites is 1. The molecule has 0 aliphatic heterocycles. The smallest absolute Gasteiger partial charge is 0.386 e. The third-order valence-electron chi connectivity index (χ3n) is 3.93. The molecule has 0 aromatic heterocycles. The Balaban J connectivity index is 0.000000206. The van der Waals surface area contributed by atoms with Gasteiger partial charge in [0.25, 0.3) is 0 Å². The minimum absolute atomic E-state index is 0. The molecule has 0 fully saturated rings. The maximum absolute atomic E-state index is 5.03. The second-order valence-corrected chi connectivity index (χ2v) is 5.85. The van der Waals surface area contributed by atoms with E-state index in [4.69, 9.17) is 11.9 Å². The van der Waals surface area contributed by atoms with E-state index in [1.807, 2.05) is 18.2 Å². The van der Waals surface area contributed by atoms with E-state index in [2.05, 4.69) is 102 Å². The summed E-state index contributed by atoms with van der Waals surface area (Å²) in [6.45, 7) is 6.00. The first-order chi connectivity index (χ1) is 13.9. The Kier molecular flexibility index (Phi) is 12.4. The maximum Gasteiger partial charge on any atom is 2.00 e. The zero-order valence-corrected chi connectivity index (χ0v) is 19.4. The van der Waals surface area contributed by atoms with Gasteiger partial charge in [0.1, 0.15) is 17.6 Å². The van der Waals surface area contributed by atoms with Crippen LogP contribution in [0, 0.1) is 0 Å². The summed E-state index contributed by atoms with van der Waals surface area (Å²) < 4.78 is 4.39. The number of hydrogen-bond acceptors (Lipinski definition) is 1. The van der Waals surface area contributed by atoms with Gasteiger partial charge in [0.15, 0.2) is 0 Å². The number of rotatable bonds is 1. The molecule has 144 valence electrons. The minimum atomic E-state index is 0. The van der Waals surface area contributed by atoms with Crippen molar-refractivity contribution >= 4 is 33.4 Å². The Morgan fingerprint density at radius 2 is 1.00 bits per heavy atom. The van der Waals surface area contributed by atoms with Crippen LogP contribution < -0.4 is 4.29 Å². The molecule has 0 saturated carbocycles. The number of halogens is 1. The van der Waals surface area contributed by atoms with E-state index in [-0.39, 0.29) is 26.2 Å². The van der Waals surface area contributed by atoms with Crippen molar-refractivity contribution in [3.63, 3.8) is 0 Å². The van der Waals surface area contributed by atoms with Crippen LogP contribution in [0.4, 0.5) is 0 Å². The first-order valence-corrected chi connectivity index (χ1v) is 9.22. The number of benzene rings is 3. The Morgan fingerprint density at radius 3 is 1.38 bits per heavy atom.